The summed E-state index contributed by atoms with van der Waals surface area (Å²) < 4.78 is 11.4. The lowest BCUT2D eigenvalue weighted by molar-refractivity contribution is -0.120. The van der Waals surface area contributed by atoms with E-state index in [2.05, 4.69) is 26.1 Å². The van der Waals surface area contributed by atoms with E-state index in [0.717, 1.165) is 53.0 Å². The third-order valence-electron chi connectivity index (χ3n) is 8.25. The molecule has 3 aromatic carbocycles. The number of benzene rings is 3. The third-order valence-corrected chi connectivity index (χ3v) is 8.25. The summed E-state index contributed by atoms with van der Waals surface area (Å²) in [6.45, 7) is 6.95. The predicted molar refractivity (Wildman–Crippen MR) is 154 cm³/mol. The molecule has 0 aromatic heterocycles. The van der Waals surface area contributed by atoms with E-state index < -0.39 is 12.1 Å². The van der Waals surface area contributed by atoms with E-state index >= 15 is 0 Å². The van der Waals surface area contributed by atoms with E-state index in [0.29, 0.717) is 24.3 Å². The molecule has 0 spiro atoms. The van der Waals surface area contributed by atoms with Crippen LogP contribution in [-0.2, 0) is 16.1 Å². The zero-order valence-electron chi connectivity index (χ0n) is 23.2. The topological polar surface area (TPSA) is 67.9 Å². The first kappa shape index (κ1) is 26.8. The second-order valence-electron chi connectivity index (χ2n) is 11.2. The van der Waals surface area contributed by atoms with Crippen molar-refractivity contribution in [2.45, 2.75) is 58.7 Å². The smallest absolute Gasteiger partial charge is 0.408 e. The van der Waals surface area contributed by atoms with Gasteiger partial charge in [0.2, 0.25) is 0 Å². The number of rotatable bonds is 6. The fraction of sp³-hybridized carbons (Fsp3) is 0.394. The van der Waals surface area contributed by atoms with Gasteiger partial charge >= 0.3 is 6.09 Å². The van der Waals surface area contributed by atoms with Crippen molar-refractivity contribution in [2.75, 3.05) is 12.0 Å². The third kappa shape index (κ3) is 5.65. The number of carbonyl (C=O) groups excluding carboxylic acids is 2. The Morgan fingerprint density at radius 1 is 0.974 bits per heavy atom. The van der Waals surface area contributed by atoms with Crippen molar-refractivity contribution < 1.29 is 19.1 Å². The maximum absolute atomic E-state index is 14.3. The number of para-hydroxylation sites is 1. The molecule has 4 atom stereocenters. The Morgan fingerprint density at radius 3 is 2.38 bits per heavy atom. The van der Waals surface area contributed by atoms with Crippen molar-refractivity contribution in [3.05, 3.63) is 83.9 Å². The van der Waals surface area contributed by atoms with Crippen LogP contribution in [0.1, 0.15) is 57.2 Å². The Bertz CT molecular complexity index is 1320. The molecule has 1 aliphatic heterocycles. The van der Waals surface area contributed by atoms with Gasteiger partial charge in [0.15, 0.2) is 0 Å². The van der Waals surface area contributed by atoms with E-state index in [1.54, 1.807) is 12.0 Å². The second-order valence-corrected chi connectivity index (χ2v) is 11.2. The van der Waals surface area contributed by atoms with Crippen LogP contribution in [0.2, 0.25) is 0 Å². The van der Waals surface area contributed by atoms with Crippen LogP contribution in [0, 0.1) is 17.8 Å². The van der Waals surface area contributed by atoms with Crippen LogP contribution in [0.3, 0.4) is 0 Å². The zero-order chi connectivity index (χ0) is 27.5. The minimum absolute atomic E-state index is 0.155. The highest BCUT2D eigenvalue weighted by atomic mass is 16.6. The number of ether oxygens (including phenoxy) is 2. The lowest BCUT2D eigenvalue weighted by Gasteiger charge is -2.37. The highest BCUT2D eigenvalue weighted by molar-refractivity contribution is 6.06. The van der Waals surface area contributed by atoms with E-state index in [9.17, 15) is 9.59 Å². The first-order valence-corrected chi connectivity index (χ1v) is 14.0. The summed E-state index contributed by atoms with van der Waals surface area (Å²) in [5.41, 5.74) is 4.41. The Balaban J connectivity index is 1.47. The number of methoxy groups -OCH3 is 1. The van der Waals surface area contributed by atoms with Crippen LogP contribution in [-0.4, -0.2) is 25.2 Å². The van der Waals surface area contributed by atoms with Crippen molar-refractivity contribution in [3.63, 3.8) is 0 Å². The van der Waals surface area contributed by atoms with Crippen molar-refractivity contribution in [2.24, 2.45) is 17.8 Å². The molecule has 6 nitrogen and oxygen atoms in total. The van der Waals surface area contributed by atoms with Crippen molar-refractivity contribution in [1.29, 1.82) is 0 Å². The molecular weight excluding hydrogens is 488 g/mol. The van der Waals surface area contributed by atoms with Gasteiger partial charge in [0.1, 0.15) is 17.9 Å². The highest BCUT2D eigenvalue weighted by Crippen LogP contribution is 2.41. The van der Waals surface area contributed by atoms with Gasteiger partial charge in [0.05, 0.1) is 19.3 Å². The Kier molecular flexibility index (Phi) is 7.92. The highest BCUT2D eigenvalue weighted by Gasteiger charge is 2.37. The van der Waals surface area contributed by atoms with Gasteiger partial charge < -0.3 is 19.7 Å². The van der Waals surface area contributed by atoms with Gasteiger partial charge in [-0.2, -0.15) is 0 Å². The molecule has 1 saturated carbocycles. The number of nitrogens with one attached hydrogen (secondary N) is 1. The number of nitrogens with zero attached hydrogens (tertiary/aromatic N) is 1. The fourth-order valence-electron chi connectivity index (χ4n) is 6.09. The maximum atomic E-state index is 14.3. The molecular formula is C33H38N2O4. The molecule has 1 fully saturated rings. The van der Waals surface area contributed by atoms with E-state index in [1.165, 1.54) is 0 Å². The molecule has 0 saturated heterocycles. The molecule has 1 heterocycles. The molecule has 2 amide bonds. The molecule has 0 bridgehead atoms. The van der Waals surface area contributed by atoms with Gasteiger partial charge in [-0.05, 0) is 65.5 Å². The summed E-state index contributed by atoms with van der Waals surface area (Å²) in [5.74, 6) is 1.81. The molecule has 39 heavy (non-hydrogen) atoms. The van der Waals surface area contributed by atoms with Crippen LogP contribution >= 0.6 is 0 Å². The number of anilines is 1. The van der Waals surface area contributed by atoms with Crippen LogP contribution in [0.15, 0.2) is 72.8 Å². The number of amides is 2. The number of fused-ring (bicyclic) bond motifs is 3. The van der Waals surface area contributed by atoms with Gasteiger partial charge in [-0.1, -0.05) is 81.8 Å². The second kappa shape index (κ2) is 11.5. The van der Waals surface area contributed by atoms with Crippen molar-refractivity contribution in [3.8, 4) is 16.9 Å². The summed E-state index contributed by atoms with van der Waals surface area (Å²) in [6.07, 6.45) is 2.35. The fourth-order valence-corrected chi connectivity index (χ4v) is 6.09. The van der Waals surface area contributed by atoms with Gasteiger partial charge in [0.25, 0.3) is 5.91 Å². The minimum Gasteiger partial charge on any atom is -0.497 e. The SMILES string of the molecule is COc1ccc(CN2C(=O)[C@H](NC(=O)O[C@@H]3C[C@H](C)CC[C@H]3C(C)C)c3ccccc3-c3ccccc32)cc1. The molecule has 5 rings (SSSR count). The molecule has 204 valence electrons. The van der Waals surface area contributed by atoms with E-state index in [4.69, 9.17) is 9.47 Å². The Labute approximate surface area is 231 Å². The molecule has 3 aromatic rings. The molecule has 1 N–H and O–H groups in total. The molecule has 0 radical (unpaired) electrons. The molecule has 1 aliphatic carbocycles. The van der Waals surface area contributed by atoms with Crippen LogP contribution in [0.5, 0.6) is 5.75 Å². The first-order chi connectivity index (χ1) is 18.9. The van der Waals surface area contributed by atoms with Crippen LogP contribution < -0.4 is 15.0 Å². The summed E-state index contributed by atoms with van der Waals surface area (Å²) >= 11 is 0. The van der Waals surface area contributed by atoms with Crippen molar-refractivity contribution >= 4 is 17.7 Å². The van der Waals surface area contributed by atoms with Crippen molar-refractivity contribution in [1.82, 2.24) is 5.32 Å². The average molecular weight is 527 g/mol. The van der Waals surface area contributed by atoms with Crippen LogP contribution in [0.25, 0.3) is 11.1 Å². The number of hydrogen-bond donors (Lipinski definition) is 1. The Hall–Kier alpha value is -3.80. The quantitative estimate of drug-likeness (QED) is 0.371. The lowest BCUT2D eigenvalue weighted by atomic mass is 9.75. The first-order valence-electron chi connectivity index (χ1n) is 14.0. The number of alkyl carbamates (subject to hydrolysis) is 1. The lowest BCUT2D eigenvalue weighted by Crippen LogP contribution is -2.44. The predicted octanol–water partition coefficient (Wildman–Crippen LogP) is 7.14. The monoisotopic (exact) mass is 526 g/mol. The normalized spacial score (nSPS) is 22.5. The standard InChI is InChI=1S/C33H38N2O4/c1-21(2)25-18-13-22(3)19-30(25)39-33(37)34-31-28-11-6-5-9-26(28)27-10-7-8-12-29(27)35(32(31)36)20-23-14-16-24(38-4)17-15-23/h5-12,14-17,21-22,25,30-31H,13,18-20H2,1-4H3,(H,34,37)/t22-,25+,30-,31-/m1/s1. The summed E-state index contributed by atoms with van der Waals surface area (Å²) in [4.78, 5) is 29.5. The van der Waals surface area contributed by atoms with Gasteiger partial charge in [-0.25, -0.2) is 4.79 Å². The summed E-state index contributed by atoms with van der Waals surface area (Å²) in [7, 11) is 1.63. The number of hydrogen-bond acceptors (Lipinski definition) is 4. The zero-order valence-corrected chi connectivity index (χ0v) is 23.2. The largest absolute Gasteiger partial charge is 0.497 e. The van der Waals surface area contributed by atoms with Gasteiger partial charge in [-0.15, -0.1) is 0 Å². The van der Waals surface area contributed by atoms with E-state index in [-0.39, 0.29) is 12.0 Å². The summed E-state index contributed by atoms with van der Waals surface area (Å²) in [5, 5.41) is 2.98. The summed E-state index contributed by atoms with van der Waals surface area (Å²) in [6, 6.07) is 22.5. The Morgan fingerprint density at radius 2 is 1.67 bits per heavy atom. The average Bonchev–Trinajstić information content (AvgIpc) is 3.03. The van der Waals surface area contributed by atoms with Gasteiger partial charge in [0, 0.05) is 5.56 Å². The van der Waals surface area contributed by atoms with Gasteiger partial charge in [-0.3, -0.25) is 4.79 Å². The van der Waals surface area contributed by atoms with Crippen LogP contribution in [0.4, 0.5) is 10.5 Å². The molecule has 2 aliphatic rings. The maximum Gasteiger partial charge on any atom is 0.408 e. The molecule has 6 heteroatoms. The minimum atomic E-state index is -0.877. The molecule has 0 unspecified atom stereocenters. The van der Waals surface area contributed by atoms with E-state index in [1.807, 2.05) is 72.8 Å². The number of carbonyl (C=O) groups is 2.